The second-order valence-electron chi connectivity index (χ2n) is 5.26. The van der Waals surface area contributed by atoms with Crippen molar-refractivity contribution in [3.05, 3.63) is 27.7 Å². The molecule has 2 rings (SSSR count). The van der Waals surface area contributed by atoms with Crippen molar-refractivity contribution in [3.8, 4) is 0 Å². The molecule has 0 radical (unpaired) electrons. The van der Waals surface area contributed by atoms with E-state index in [4.69, 9.17) is 28.9 Å². The molecule has 0 heterocycles. The van der Waals surface area contributed by atoms with E-state index in [-0.39, 0.29) is 27.7 Å². The van der Waals surface area contributed by atoms with Gasteiger partial charge < -0.3 is 16.2 Å². The molecule has 1 aliphatic rings. The second-order valence-corrected chi connectivity index (χ2v) is 6.04. The molecule has 0 saturated heterocycles. The largest absolute Gasteiger partial charge is 0.397 e. The van der Waals surface area contributed by atoms with E-state index in [1.54, 1.807) is 0 Å². The van der Waals surface area contributed by atoms with Gasteiger partial charge in [0.15, 0.2) is 0 Å². The van der Waals surface area contributed by atoms with Gasteiger partial charge in [-0.05, 0) is 37.3 Å². The first-order valence-corrected chi connectivity index (χ1v) is 7.43. The van der Waals surface area contributed by atoms with Crippen LogP contribution in [0.5, 0.6) is 0 Å². The lowest BCUT2D eigenvalue weighted by atomic mass is 9.87. The lowest BCUT2D eigenvalue weighted by Gasteiger charge is -2.25. The van der Waals surface area contributed by atoms with Crippen LogP contribution in [0.4, 0.5) is 5.69 Å². The minimum absolute atomic E-state index is 0.227. The number of carbonyl (C=O) groups excluding carboxylic acids is 1. The summed E-state index contributed by atoms with van der Waals surface area (Å²) in [4.78, 5) is 12.1. The smallest absolute Gasteiger partial charge is 0.251 e. The van der Waals surface area contributed by atoms with Gasteiger partial charge in [0.05, 0.1) is 21.8 Å². The molecule has 1 aromatic carbocycles. The molecule has 1 amide bonds. The van der Waals surface area contributed by atoms with Crippen LogP contribution >= 0.6 is 23.2 Å². The zero-order chi connectivity index (χ0) is 14.7. The number of rotatable bonds is 3. The monoisotopic (exact) mass is 316 g/mol. The molecule has 0 aliphatic heterocycles. The second kappa shape index (κ2) is 6.66. The van der Waals surface area contributed by atoms with Crippen molar-refractivity contribution >= 4 is 34.8 Å². The predicted octanol–water partition coefficient (Wildman–Crippen LogP) is 2.86. The molecule has 2 unspecified atom stereocenters. The van der Waals surface area contributed by atoms with Crippen LogP contribution in [0.3, 0.4) is 0 Å². The van der Waals surface area contributed by atoms with E-state index in [0.29, 0.717) is 18.0 Å². The Bertz CT molecular complexity index is 485. The fraction of sp³-hybridized carbons (Fsp3) is 0.500. The van der Waals surface area contributed by atoms with Gasteiger partial charge in [-0.2, -0.15) is 0 Å². The number of nitrogens with one attached hydrogen (secondary N) is 1. The molecular formula is C14H18Cl2N2O2. The Morgan fingerprint density at radius 3 is 2.80 bits per heavy atom. The van der Waals surface area contributed by atoms with Gasteiger partial charge in [0.1, 0.15) is 0 Å². The summed E-state index contributed by atoms with van der Waals surface area (Å²) < 4.78 is 0. The Morgan fingerprint density at radius 2 is 2.15 bits per heavy atom. The van der Waals surface area contributed by atoms with Gasteiger partial charge in [0, 0.05) is 12.1 Å². The molecule has 110 valence electrons. The molecule has 0 bridgehead atoms. The SMILES string of the molecule is Nc1cc(C(=O)NCC2CCCC(O)C2)cc(Cl)c1Cl. The Morgan fingerprint density at radius 1 is 1.40 bits per heavy atom. The van der Waals surface area contributed by atoms with Gasteiger partial charge in [-0.25, -0.2) is 0 Å². The number of anilines is 1. The molecule has 1 saturated carbocycles. The molecule has 20 heavy (non-hydrogen) atoms. The minimum Gasteiger partial charge on any atom is -0.397 e. The maximum atomic E-state index is 12.1. The van der Waals surface area contributed by atoms with E-state index in [2.05, 4.69) is 5.32 Å². The van der Waals surface area contributed by atoms with E-state index < -0.39 is 0 Å². The number of nitrogens with two attached hydrogens (primary N) is 1. The maximum Gasteiger partial charge on any atom is 0.251 e. The molecule has 2 atom stereocenters. The van der Waals surface area contributed by atoms with Gasteiger partial charge in [-0.1, -0.05) is 29.6 Å². The van der Waals surface area contributed by atoms with E-state index in [1.165, 1.54) is 12.1 Å². The standard InChI is InChI=1S/C14H18Cl2N2O2/c15-11-5-9(6-12(17)13(11)16)14(20)18-7-8-2-1-3-10(19)4-8/h5-6,8,10,19H,1-4,7,17H2,(H,18,20). The van der Waals surface area contributed by atoms with Crippen molar-refractivity contribution in [2.75, 3.05) is 12.3 Å². The van der Waals surface area contributed by atoms with Gasteiger partial charge in [0.2, 0.25) is 0 Å². The number of hydrogen-bond acceptors (Lipinski definition) is 3. The normalized spacial score (nSPS) is 22.6. The topological polar surface area (TPSA) is 75.4 Å². The lowest BCUT2D eigenvalue weighted by Crippen LogP contribution is -2.33. The van der Waals surface area contributed by atoms with Crippen molar-refractivity contribution in [1.29, 1.82) is 0 Å². The molecule has 0 spiro atoms. The summed E-state index contributed by atoms with van der Waals surface area (Å²) in [5.74, 6) is 0.0955. The summed E-state index contributed by atoms with van der Waals surface area (Å²) in [6, 6.07) is 3.02. The van der Waals surface area contributed by atoms with Crippen molar-refractivity contribution in [2.45, 2.75) is 31.8 Å². The van der Waals surface area contributed by atoms with Gasteiger partial charge in [-0.15, -0.1) is 0 Å². The number of amides is 1. The van der Waals surface area contributed by atoms with Crippen LogP contribution in [0.25, 0.3) is 0 Å². The van der Waals surface area contributed by atoms with E-state index in [9.17, 15) is 9.90 Å². The maximum absolute atomic E-state index is 12.1. The van der Waals surface area contributed by atoms with Crippen molar-refractivity contribution in [3.63, 3.8) is 0 Å². The third-order valence-corrected chi connectivity index (χ3v) is 4.44. The Balaban J connectivity index is 1.95. The first-order valence-electron chi connectivity index (χ1n) is 6.68. The molecule has 4 N–H and O–H groups in total. The first-order chi connectivity index (χ1) is 9.47. The number of aliphatic hydroxyl groups is 1. The molecular weight excluding hydrogens is 299 g/mol. The van der Waals surface area contributed by atoms with Gasteiger partial charge in [-0.3, -0.25) is 4.79 Å². The van der Waals surface area contributed by atoms with Crippen molar-refractivity contribution < 1.29 is 9.90 Å². The number of carbonyl (C=O) groups is 1. The van der Waals surface area contributed by atoms with Crippen LogP contribution in [0.2, 0.25) is 10.0 Å². The number of aliphatic hydroxyl groups excluding tert-OH is 1. The van der Waals surface area contributed by atoms with Crippen LogP contribution < -0.4 is 11.1 Å². The minimum atomic E-state index is -0.244. The Labute approximate surface area is 128 Å². The molecule has 1 fully saturated rings. The highest BCUT2D eigenvalue weighted by Crippen LogP contribution is 2.29. The molecule has 1 aromatic rings. The van der Waals surface area contributed by atoms with Crippen LogP contribution in [0.15, 0.2) is 12.1 Å². The van der Waals surface area contributed by atoms with Crippen molar-refractivity contribution in [2.24, 2.45) is 5.92 Å². The number of nitrogen functional groups attached to an aromatic ring is 1. The third-order valence-electron chi connectivity index (χ3n) is 3.62. The van der Waals surface area contributed by atoms with Gasteiger partial charge in [0.25, 0.3) is 5.91 Å². The third kappa shape index (κ3) is 3.78. The average molecular weight is 317 g/mol. The number of hydrogen-bond donors (Lipinski definition) is 3. The summed E-state index contributed by atoms with van der Waals surface area (Å²) in [5.41, 5.74) is 6.37. The van der Waals surface area contributed by atoms with Crippen LogP contribution in [-0.2, 0) is 0 Å². The molecule has 1 aliphatic carbocycles. The summed E-state index contributed by atoms with van der Waals surface area (Å²) in [6.07, 6.45) is 3.38. The van der Waals surface area contributed by atoms with Crippen LogP contribution in [0.1, 0.15) is 36.0 Å². The van der Waals surface area contributed by atoms with Crippen LogP contribution in [-0.4, -0.2) is 23.7 Å². The average Bonchev–Trinajstić information content (AvgIpc) is 2.41. The van der Waals surface area contributed by atoms with E-state index in [1.807, 2.05) is 0 Å². The first kappa shape index (κ1) is 15.4. The van der Waals surface area contributed by atoms with E-state index in [0.717, 1.165) is 25.7 Å². The Hall–Kier alpha value is -0.970. The fourth-order valence-electron chi connectivity index (χ4n) is 2.53. The summed E-state index contributed by atoms with van der Waals surface area (Å²) in [6.45, 7) is 0.552. The lowest BCUT2D eigenvalue weighted by molar-refractivity contribution is 0.0874. The highest BCUT2D eigenvalue weighted by Gasteiger charge is 2.21. The summed E-state index contributed by atoms with van der Waals surface area (Å²) in [5, 5.41) is 13.0. The zero-order valence-corrected chi connectivity index (χ0v) is 12.5. The van der Waals surface area contributed by atoms with Crippen molar-refractivity contribution in [1.82, 2.24) is 5.32 Å². The van der Waals surface area contributed by atoms with E-state index >= 15 is 0 Å². The highest BCUT2D eigenvalue weighted by atomic mass is 35.5. The Kier molecular flexibility index (Phi) is 5.13. The predicted molar refractivity (Wildman–Crippen MR) is 81.2 cm³/mol. The zero-order valence-electron chi connectivity index (χ0n) is 11.0. The quantitative estimate of drug-likeness (QED) is 0.750. The number of halogens is 2. The molecule has 6 heteroatoms. The number of benzene rings is 1. The fourth-order valence-corrected chi connectivity index (χ4v) is 2.86. The summed E-state index contributed by atoms with van der Waals surface area (Å²) >= 11 is 11.8. The molecule has 4 nitrogen and oxygen atoms in total. The van der Waals surface area contributed by atoms with Gasteiger partial charge >= 0.3 is 0 Å². The summed E-state index contributed by atoms with van der Waals surface area (Å²) in [7, 11) is 0. The molecule has 0 aromatic heterocycles. The van der Waals surface area contributed by atoms with Crippen LogP contribution in [0, 0.1) is 5.92 Å². The highest BCUT2D eigenvalue weighted by molar-refractivity contribution is 6.43.